The molecular formula is C6H9N5O2. The Morgan fingerprint density at radius 2 is 2.08 bits per heavy atom. The molecule has 7 heteroatoms. The normalized spacial score (nSPS) is 20.1. The maximum atomic E-state index is 10.9. The van der Waals surface area contributed by atoms with Crippen molar-refractivity contribution in [1.82, 2.24) is 10.6 Å². The summed E-state index contributed by atoms with van der Waals surface area (Å²) in [6.07, 6.45) is 0. The summed E-state index contributed by atoms with van der Waals surface area (Å²) in [6.45, 7) is 0.569. The fraction of sp³-hybridized carbons (Fsp3) is 0.333. The number of nitrogens with two attached hydrogens (primary N) is 1. The van der Waals surface area contributed by atoms with Crippen molar-refractivity contribution in [2.24, 2.45) is 10.7 Å². The number of urea groups is 1. The van der Waals surface area contributed by atoms with E-state index in [4.69, 9.17) is 11.1 Å². The number of nitrogens with zero attached hydrogens (tertiary/aromatic N) is 1. The van der Waals surface area contributed by atoms with Gasteiger partial charge in [-0.05, 0) is 0 Å². The van der Waals surface area contributed by atoms with Gasteiger partial charge in [-0.1, -0.05) is 0 Å². The Kier molecular flexibility index (Phi) is 2.70. The standard InChI is InChI=1S/C6H9N5O2/c7-1-2-9-4-3(8)5(12)11-6(13)10-4/h8H,1-2,7H2,(H2,9,10,11,12,13). The lowest BCUT2D eigenvalue weighted by molar-refractivity contribution is -0.113. The molecule has 1 aliphatic heterocycles. The van der Waals surface area contributed by atoms with Crippen LogP contribution < -0.4 is 16.4 Å². The molecule has 70 valence electrons. The van der Waals surface area contributed by atoms with Crippen LogP contribution in [0.2, 0.25) is 0 Å². The van der Waals surface area contributed by atoms with E-state index in [0.717, 1.165) is 0 Å². The Morgan fingerprint density at radius 3 is 2.69 bits per heavy atom. The summed E-state index contributed by atoms with van der Waals surface area (Å²) in [7, 11) is 0. The van der Waals surface area contributed by atoms with Crippen LogP contribution in [-0.4, -0.2) is 36.6 Å². The van der Waals surface area contributed by atoms with Crippen LogP contribution in [0.5, 0.6) is 0 Å². The molecule has 1 aliphatic rings. The molecular weight excluding hydrogens is 174 g/mol. The molecule has 0 aromatic heterocycles. The highest BCUT2D eigenvalue weighted by atomic mass is 16.2. The van der Waals surface area contributed by atoms with Gasteiger partial charge >= 0.3 is 6.03 Å². The average molecular weight is 183 g/mol. The number of amides is 3. The van der Waals surface area contributed by atoms with Crippen molar-refractivity contribution in [3.63, 3.8) is 0 Å². The first-order valence-electron chi connectivity index (χ1n) is 3.61. The van der Waals surface area contributed by atoms with Gasteiger partial charge in [0, 0.05) is 6.54 Å². The SMILES string of the molecule is N=C1C(=O)NC(=O)NC1=NCCN. The third-order valence-electron chi connectivity index (χ3n) is 1.32. The Balaban J connectivity index is 2.78. The van der Waals surface area contributed by atoms with Crippen LogP contribution in [0.25, 0.3) is 0 Å². The van der Waals surface area contributed by atoms with Crippen molar-refractivity contribution in [3.05, 3.63) is 0 Å². The summed E-state index contributed by atoms with van der Waals surface area (Å²) in [5.41, 5.74) is 4.82. The number of hydrogen-bond donors (Lipinski definition) is 4. The molecule has 7 nitrogen and oxygen atoms in total. The maximum absolute atomic E-state index is 10.9. The zero-order valence-electron chi connectivity index (χ0n) is 6.76. The summed E-state index contributed by atoms with van der Waals surface area (Å²) in [6, 6.07) is -0.670. The molecule has 0 saturated carbocycles. The van der Waals surface area contributed by atoms with Crippen LogP contribution >= 0.6 is 0 Å². The second-order valence-corrected chi connectivity index (χ2v) is 2.30. The van der Waals surface area contributed by atoms with Crippen LogP contribution in [0.15, 0.2) is 4.99 Å². The predicted octanol–water partition coefficient (Wildman–Crippen LogP) is -1.80. The number of imide groups is 1. The lowest BCUT2D eigenvalue weighted by Gasteiger charge is -2.15. The summed E-state index contributed by atoms with van der Waals surface area (Å²) >= 11 is 0. The zero-order chi connectivity index (χ0) is 9.84. The third-order valence-corrected chi connectivity index (χ3v) is 1.32. The average Bonchev–Trinajstić information content (AvgIpc) is 2.09. The lowest BCUT2D eigenvalue weighted by Crippen LogP contribution is -2.56. The van der Waals surface area contributed by atoms with Crippen LogP contribution in [0.4, 0.5) is 4.79 Å². The highest BCUT2D eigenvalue weighted by Gasteiger charge is 2.25. The molecule has 1 fully saturated rings. The fourth-order valence-electron chi connectivity index (χ4n) is 0.769. The molecule has 0 unspecified atom stereocenters. The van der Waals surface area contributed by atoms with Gasteiger partial charge in [-0.3, -0.25) is 25.8 Å². The van der Waals surface area contributed by atoms with E-state index in [1.54, 1.807) is 0 Å². The summed E-state index contributed by atoms with van der Waals surface area (Å²) in [4.78, 5) is 25.4. The third kappa shape index (κ3) is 2.09. The van der Waals surface area contributed by atoms with Crippen molar-refractivity contribution >= 4 is 23.5 Å². The van der Waals surface area contributed by atoms with Gasteiger partial charge in [-0.25, -0.2) is 4.79 Å². The van der Waals surface area contributed by atoms with Crippen molar-refractivity contribution in [2.75, 3.05) is 13.1 Å². The lowest BCUT2D eigenvalue weighted by atomic mass is 10.3. The fourth-order valence-corrected chi connectivity index (χ4v) is 0.769. The van der Waals surface area contributed by atoms with E-state index in [1.807, 2.05) is 5.32 Å². The minimum absolute atomic E-state index is 0.0285. The van der Waals surface area contributed by atoms with E-state index in [1.165, 1.54) is 0 Å². The zero-order valence-corrected chi connectivity index (χ0v) is 6.76. The van der Waals surface area contributed by atoms with Gasteiger partial charge in [-0.2, -0.15) is 0 Å². The molecule has 1 rings (SSSR count). The Labute approximate surface area is 73.9 Å². The van der Waals surface area contributed by atoms with Gasteiger partial charge in [0.2, 0.25) is 0 Å². The van der Waals surface area contributed by atoms with E-state index in [9.17, 15) is 9.59 Å². The molecule has 0 aliphatic carbocycles. The number of aliphatic imine (C=N–C) groups is 1. The Hall–Kier alpha value is -1.76. The Bertz CT molecular complexity index is 295. The van der Waals surface area contributed by atoms with Crippen LogP contribution in [0, 0.1) is 5.41 Å². The second-order valence-electron chi connectivity index (χ2n) is 2.30. The summed E-state index contributed by atoms with van der Waals surface area (Å²) < 4.78 is 0. The summed E-state index contributed by atoms with van der Waals surface area (Å²) in [5, 5.41) is 11.4. The van der Waals surface area contributed by atoms with Gasteiger partial charge < -0.3 is 5.73 Å². The molecule has 13 heavy (non-hydrogen) atoms. The number of rotatable bonds is 2. The summed E-state index contributed by atoms with van der Waals surface area (Å²) in [5.74, 6) is -0.779. The van der Waals surface area contributed by atoms with E-state index in [-0.39, 0.29) is 18.1 Å². The molecule has 0 radical (unpaired) electrons. The quantitative estimate of drug-likeness (QED) is 0.404. The molecule has 5 N–H and O–H groups in total. The topological polar surface area (TPSA) is 120 Å². The number of hydrogen-bond acceptors (Lipinski definition) is 5. The van der Waals surface area contributed by atoms with Gasteiger partial charge in [0.15, 0.2) is 11.5 Å². The van der Waals surface area contributed by atoms with Crippen molar-refractivity contribution in [3.8, 4) is 0 Å². The first-order chi connectivity index (χ1) is 6.15. The maximum Gasteiger partial charge on any atom is 0.327 e. The van der Waals surface area contributed by atoms with Gasteiger partial charge in [0.25, 0.3) is 5.91 Å². The van der Waals surface area contributed by atoms with E-state index < -0.39 is 11.9 Å². The van der Waals surface area contributed by atoms with Crippen molar-refractivity contribution in [2.45, 2.75) is 0 Å². The molecule has 0 aromatic carbocycles. The number of amidine groups is 1. The van der Waals surface area contributed by atoms with E-state index in [0.29, 0.717) is 6.54 Å². The molecule has 0 atom stereocenters. The molecule has 1 saturated heterocycles. The first kappa shape index (κ1) is 9.33. The smallest absolute Gasteiger partial charge is 0.327 e. The highest BCUT2D eigenvalue weighted by molar-refractivity contribution is 6.69. The van der Waals surface area contributed by atoms with Crippen molar-refractivity contribution < 1.29 is 9.59 Å². The highest BCUT2D eigenvalue weighted by Crippen LogP contribution is 1.87. The van der Waals surface area contributed by atoms with Gasteiger partial charge in [-0.15, -0.1) is 0 Å². The van der Waals surface area contributed by atoms with Crippen molar-refractivity contribution in [1.29, 1.82) is 5.41 Å². The predicted molar refractivity (Wildman–Crippen MR) is 45.8 cm³/mol. The molecule has 0 bridgehead atoms. The molecule has 1 heterocycles. The minimum atomic E-state index is -0.750. The largest absolute Gasteiger partial charge is 0.329 e. The second kappa shape index (κ2) is 3.76. The number of carbonyl (C=O) groups is 2. The Morgan fingerprint density at radius 1 is 1.38 bits per heavy atom. The van der Waals surface area contributed by atoms with E-state index in [2.05, 4.69) is 10.3 Å². The van der Waals surface area contributed by atoms with Crippen LogP contribution in [0.3, 0.4) is 0 Å². The van der Waals surface area contributed by atoms with Gasteiger partial charge in [0.1, 0.15) is 0 Å². The van der Waals surface area contributed by atoms with Gasteiger partial charge in [0.05, 0.1) is 6.54 Å². The van der Waals surface area contributed by atoms with Crippen LogP contribution in [-0.2, 0) is 4.79 Å². The minimum Gasteiger partial charge on any atom is -0.329 e. The first-order valence-corrected chi connectivity index (χ1v) is 3.61. The monoisotopic (exact) mass is 183 g/mol. The van der Waals surface area contributed by atoms with Crippen LogP contribution in [0.1, 0.15) is 0 Å². The molecule has 0 spiro atoms. The number of nitrogens with one attached hydrogen (secondary N) is 3. The molecule has 0 aromatic rings. The van der Waals surface area contributed by atoms with E-state index >= 15 is 0 Å². The number of carbonyl (C=O) groups excluding carboxylic acids is 2. The molecule has 3 amide bonds.